The van der Waals surface area contributed by atoms with Gasteiger partial charge < -0.3 is 9.84 Å². The molecule has 0 amide bonds. The molecule has 3 nitrogen and oxygen atoms in total. The van der Waals surface area contributed by atoms with Gasteiger partial charge in [0.15, 0.2) is 0 Å². The largest absolute Gasteiger partial charge is 0.396 e. The first-order chi connectivity index (χ1) is 12.9. The molecule has 1 aliphatic rings. The van der Waals surface area contributed by atoms with Crippen molar-refractivity contribution in [2.75, 3.05) is 26.3 Å². The average molecular weight is 368 g/mol. The first kappa shape index (κ1) is 23.7. The minimum absolute atomic E-state index is 0.288. The van der Waals surface area contributed by atoms with Gasteiger partial charge in [0.05, 0.1) is 6.61 Å². The molecule has 1 fully saturated rings. The Bertz CT molecular complexity index is 315. The van der Waals surface area contributed by atoms with Crippen LogP contribution in [0.4, 0.5) is 0 Å². The molecule has 3 heteroatoms. The number of ether oxygens (including phenoxy) is 1. The summed E-state index contributed by atoms with van der Waals surface area (Å²) in [6, 6.07) is 0. The maximum Gasteiger partial charge on any atom is 0.134 e. The number of aliphatic hydroxyl groups excluding tert-OH is 1. The third kappa shape index (κ3) is 14.8. The zero-order chi connectivity index (χ0) is 18.7. The summed E-state index contributed by atoms with van der Waals surface area (Å²) in [5.74, 6) is 0. The Morgan fingerprint density at radius 3 is 1.81 bits per heavy atom. The van der Waals surface area contributed by atoms with E-state index in [1.54, 1.807) is 0 Å². The lowest BCUT2D eigenvalue weighted by Gasteiger charge is -2.19. The van der Waals surface area contributed by atoms with Crippen LogP contribution in [-0.2, 0) is 4.74 Å². The minimum Gasteiger partial charge on any atom is -0.396 e. The predicted octanol–water partition coefficient (Wildman–Crippen LogP) is 6.06. The van der Waals surface area contributed by atoms with Gasteiger partial charge in [-0.2, -0.15) is 0 Å². The van der Waals surface area contributed by atoms with Gasteiger partial charge in [0.1, 0.15) is 6.23 Å². The van der Waals surface area contributed by atoms with Gasteiger partial charge in [-0.25, -0.2) is 0 Å². The first-order valence-corrected chi connectivity index (χ1v) is 11.5. The molecule has 0 radical (unpaired) electrons. The fourth-order valence-electron chi connectivity index (χ4n) is 3.49. The number of nitrogens with zero attached hydrogens (tertiary/aromatic N) is 1. The van der Waals surface area contributed by atoms with Crippen molar-refractivity contribution in [1.82, 2.24) is 4.90 Å². The number of allylic oxidation sites excluding steroid dienone is 2. The molecule has 0 aromatic carbocycles. The maximum absolute atomic E-state index is 8.96. The highest BCUT2D eigenvalue weighted by molar-refractivity contribution is 4.81. The van der Waals surface area contributed by atoms with E-state index in [4.69, 9.17) is 9.84 Å². The molecule has 1 rings (SSSR count). The van der Waals surface area contributed by atoms with Crippen LogP contribution < -0.4 is 0 Å². The van der Waals surface area contributed by atoms with E-state index in [1.807, 2.05) is 0 Å². The third-order valence-corrected chi connectivity index (χ3v) is 5.28. The quantitative estimate of drug-likeness (QED) is 0.161. The lowest BCUT2D eigenvalue weighted by Crippen LogP contribution is -2.29. The van der Waals surface area contributed by atoms with Crippen LogP contribution in [0.3, 0.4) is 0 Å². The second kappa shape index (κ2) is 18.0. The van der Waals surface area contributed by atoms with E-state index in [9.17, 15) is 0 Å². The van der Waals surface area contributed by atoms with Gasteiger partial charge in [-0.1, -0.05) is 76.9 Å². The summed E-state index contributed by atoms with van der Waals surface area (Å²) >= 11 is 0. The highest BCUT2D eigenvalue weighted by atomic mass is 16.6. The molecule has 0 bridgehead atoms. The fourth-order valence-corrected chi connectivity index (χ4v) is 3.49. The molecule has 0 aliphatic carbocycles. The van der Waals surface area contributed by atoms with Crippen LogP contribution in [-0.4, -0.2) is 42.5 Å². The smallest absolute Gasteiger partial charge is 0.134 e. The normalized spacial score (nSPS) is 16.8. The molecule has 26 heavy (non-hydrogen) atoms. The number of unbranched alkanes of at least 4 members (excludes halogenated alkanes) is 12. The Balaban J connectivity index is 1.78. The summed E-state index contributed by atoms with van der Waals surface area (Å²) in [5.41, 5.74) is 0. The summed E-state index contributed by atoms with van der Waals surface area (Å²) in [5, 5.41) is 8.96. The van der Waals surface area contributed by atoms with E-state index in [-0.39, 0.29) is 6.61 Å². The van der Waals surface area contributed by atoms with Crippen LogP contribution in [0.25, 0.3) is 0 Å². The third-order valence-electron chi connectivity index (χ3n) is 5.28. The van der Waals surface area contributed by atoms with Gasteiger partial charge in [-0.15, -0.1) is 0 Å². The molecule has 1 aliphatic heterocycles. The van der Waals surface area contributed by atoms with Crippen molar-refractivity contribution in [3.63, 3.8) is 0 Å². The number of hydrogen-bond donors (Lipinski definition) is 1. The first-order valence-electron chi connectivity index (χ1n) is 11.5. The molecular weight excluding hydrogens is 322 g/mol. The van der Waals surface area contributed by atoms with Crippen LogP contribution in [0, 0.1) is 0 Å². The second-order valence-electron chi connectivity index (χ2n) is 7.84. The van der Waals surface area contributed by atoms with Gasteiger partial charge in [-0.05, 0) is 38.5 Å². The zero-order valence-electron chi connectivity index (χ0n) is 17.5. The molecule has 0 spiro atoms. The van der Waals surface area contributed by atoms with Crippen molar-refractivity contribution in [1.29, 1.82) is 0 Å². The molecule has 1 heterocycles. The summed E-state index contributed by atoms with van der Waals surface area (Å²) in [6.45, 7) is 5.56. The predicted molar refractivity (Wildman–Crippen MR) is 112 cm³/mol. The van der Waals surface area contributed by atoms with E-state index >= 15 is 0 Å². The highest BCUT2D eigenvalue weighted by Crippen LogP contribution is 2.17. The lowest BCUT2D eigenvalue weighted by molar-refractivity contribution is 0.156. The standard InChI is InChI=1S/C23H45NO2/c1-2-3-4-5-6-7-8-9-10-11-12-13-14-15-16-17-19-24(20-18-21-25)23-22-26-23/h9-10,23,25H,2-8,11-22H2,1H3/b10-9-. The van der Waals surface area contributed by atoms with E-state index < -0.39 is 0 Å². The molecule has 1 saturated heterocycles. The molecule has 154 valence electrons. The van der Waals surface area contributed by atoms with Crippen molar-refractivity contribution < 1.29 is 9.84 Å². The number of rotatable bonds is 20. The maximum atomic E-state index is 8.96. The zero-order valence-corrected chi connectivity index (χ0v) is 17.5. The summed E-state index contributed by atoms with van der Waals surface area (Å²) in [4.78, 5) is 2.39. The van der Waals surface area contributed by atoms with Gasteiger partial charge in [0.25, 0.3) is 0 Å². The molecule has 1 atom stereocenters. The Morgan fingerprint density at radius 2 is 1.27 bits per heavy atom. The van der Waals surface area contributed by atoms with Gasteiger partial charge in [0.2, 0.25) is 0 Å². The fraction of sp³-hybridized carbons (Fsp3) is 0.913. The van der Waals surface area contributed by atoms with Crippen molar-refractivity contribution in [2.24, 2.45) is 0 Å². The van der Waals surface area contributed by atoms with Gasteiger partial charge >= 0.3 is 0 Å². The van der Waals surface area contributed by atoms with Crippen LogP contribution in [0.1, 0.15) is 103 Å². The Morgan fingerprint density at radius 1 is 0.769 bits per heavy atom. The van der Waals surface area contributed by atoms with Crippen LogP contribution >= 0.6 is 0 Å². The summed E-state index contributed by atoms with van der Waals surface area (Å²) in [7, 11) is 0. The number of epoxide rings is 1. The number of hydrogen-bond acceptors (Lipinski definition) is 3. The molecule has 0 saturated carbocycles. The van der Waals surface area contributed by atoms with Crippen molar-refractivity contribution in [3.8, 4) is 0 Å². The highest BCUT2D eigenvalue weighted by Gasteiger charge is 2.29. The summed E-state index contributed by atoms with van der Waals surface area (Å²) < 4.78 is 5.38. The Labute approximate surface area is 163 Å². The number of aliphatic hydroxyl groups is 1. The van der Waals surface area contributed by atoms with Crippen LogP contribution in [0.5, 0.6) is 0 Å². The van der Waals surface area contributed by atoms with Crippen molar-refractivity contribution in [3.05, 3.63) is 12.2 Å². The Kier molecular flexibility index (Phi) is 16.4. The van der Waals surface area contributed by atoms with E-state index in [1.165, 1.54) is 89.9 Å². The van der Waals surface area contributed by atoms with E-state index in [2.05, 4.69) is 24.0 Å². The van der Waals surface area contributed by atoms with Crippen molar-refractivity contribution >= 4 is 0 Å². The van der Waals surface area contributed by atoms with Crippen LogP contribution in [0.2, 0.25) is 0 Å². The minimum atomic E-state index is 0.288. The molecule has 1 N–H and O–H groups in total. The SMILES string of the molecule is CCCCCCCC/C=C\CCCCCCCCN(CCCO)C1CO1. The summed E-state index contributed by atoms with van der Waals surface area (Å²) in [6.07, 6.45) is 25.0. The van der Waals surface area contributed by atoms with Gasteiger partial charge in [0, 0.05) is 19.7 Å². The molecular formula is C23H45NO2. The van der Waals surface area contributed by atoms with E-state index in [0.29, 0.717) is 6.23 Å². The lowest BCUT2D eigenvalue weighted by atomic mass is 10.1. The average Bonchev–Trinajstić information content (AvgIpc) is 3.49. The van der Waals surface area contributed by atoms with Crippen LogP contribution in [0.15, 0.2) is 12.2 Å². The monoisotopic (exact) mass is 367 g/mol. The Hall–Kier alpha value is -0.380. The van der Waals surface area contributed by atoms with E-state index in [0.717, 1.165) is 26.1 Å². The molecule has 0 aromatic heterocycles. The molecule has 0 aromatic rings. The van der Waals surface area contributed by atoms with Crippen molar-refractivity contribution in [2.45, 2.75) is 109 Å². The topological polar surface area (TPSA) is 36.0 Å². The molecule has 1 unspecified atom stereocenters. The van der Waals surface area contributed by atoms with Gasteiger partial charge in [-0.3, -0.25) is 4.90 Å². The second-order valence-corrected chi connectivity index (χ2v) is 7.84.